The highest BCUT2D eigenvalue weighted by atomic mass is 32.2. The second-order valence-corrected chi connectivity index (χ2v) is 14.9. The highest BCUT2D eigenvalue weighted by Gasteiger charge is 2.33. The molecule has 0 aliphatic rings. The van der Waals surface area contributed by atoms with Gasteiger partial charge in [-0.25, -0.2) is 16.8 Å². The van der Waals surface area contributed by atoms with Crippen molar-refractivity contribution in [3.05, 3.63) is 105 Å². The first-order valence-corrected chi connectivity index (χ1v) is 18.5. The van der Waals surface area contributed by atoms with Crippen LogP contribution in [0, 0.1) is 19.8 Å². The lowest BCUT2D eigenvalue weighted by atomic mass is 9.99. The molecule has 0 aromatic heterocycles. The van der Waals surface area contributed by atoms with Crippen LogP contribution >= 0.6 is 0 Å². The van der Waals surface area contributed by atoms with Crippen molar-refractivity contribution in [2.45, 2.75) is 23.6 Å². The lowest BCUT2D eigenvalue weighted by Gasteiger charge is -2.17. The Bertz CT molecular complexity index is 1680. The minimum absolute atomic E-state index is 0.00728. The van der Waals surface area contributed by atoms with Crippen molar-refractivity contribution >= 4 is 31.4 Å². The summed E-state index contributed by atoms with van der Waals surface area (Å²) in [5, 5.41) is 6.06. The van der Waals surface area contributed by atoms with Gasteiger partial charge in [-0.2, -0.15) is 0 Å². The standard InChI is InChI=1S/C33H40N4O9S2/c1-25-3-11-30(12-4-25)47(40,41)23-29(24-48(42,43)31-13-5-26(2)6-14-31)32(38)27-7-9-28(10-8-27)33(39)35-15-17-44-19-21-46-22-20-45-18-16-36-37-34/h3-14,29H,15-24H2,1-2H3,(H,35,39). The summed E-state index contributed by atoms with van der Waals surface area (Å²) in [6.07, 6.45) is 0. The lowest BCUT2D eigenvalue weighted by molar-refractivity contribution is 0.0166. The number of Topliss-reactive ketones (excluding diaryl/α,β-unsaturated/α-hetero) is 1. The molecule has 0 heterocycles. The smallest absolute Gasteiger partial charge is 0.251 e. The first-order valence-electron chi connectivity index (χ1n) is 15.2. The first kappa shape index (κ1) is 38.3. The molecule has 0 atom stereocenters. The van der Waals surface area contributed by atoms with Crippen molar-refractivity contribution < 1.29 is 40.6 Å². The number of aryl methyl sites for hydroxylation is 2. The largest absolute Gasteiger partial charge is 0.379 e. The number of carbonyl (C=O) groups is 2. The Hall–Kier alpha value is -4.11. The maximum atomic E-state index is 13.7. The van der Waals surface area contributed by atoms with E-state index in [1.165, 1.54) is 48.5 Å². The molecule has 13 nitrogen and oxygen atoms in total. The summed E-state index contributed by atoms with van der Waals surface area (Å²) >= 11 is 0. The van der Waals surface area contributed by atoms with Crippen molar-refractivity contribution in [2.24, 2.45) is 11.0 Å². The number of ether oxygens (including phenoxy) is 3. The molecule has 0 spiro atoms. The predicted octanol–water partition coefficient (Wildman–Crippen LogP) is 4.14. The molecular weight excluding hydrogens is 661 g/mol. The van der Waals surface area contributed by atoms with Gasteiger partial charge in [-0.15, -0.1) is 0 Å². The summed E-state index contributed by atoms with van der Waals surface area (Å²) in [6.45, 7) is 6.03. The first-order chi connectivity index (χ1) is 22.9. The van der Waals surface area contributed by atoms with Crippen LogP contribution in [0.25, 0.3) is 10.4 Å². The highest BCUT2D eigenvalue weighted by molar-refractivity contribution is 7.92. The number of hydrogen-bond acceptors (Lipinski definition) is 10. The van der Waals surface area contributed by atoms with Gasteiger partial charge >= 0.3 is 0 Å². The summed E-state index contributed by atoms with van der Waals surface area (Å²) in [5.74, 6) is -3.89. The molecule has 0 radical (unpaired) electrons. The normalized spacial score (nSPS) is 11.6. The third-order valence-corrected chi connectivity index (χ3v) is 10.7. The van der Waals surface area contributed by atoms with E-state index in [2.05, 4.69) is 15.3 Å². The second-order valence-electron chi connectivity index (χ2n) is 10.9. The van der Waals surface area contributed by atoms with E-state index in [1.807, 2.05) is 13.8 Å². The molecule has 0 aliphatic carbocycles. The maximum absolute atomic E-state index is 13.7. The molecule has 0 bridgehead atoms. The van der Waals surface area contributed by atoms with Crippen molar-refractivity contribution in [2.75, 3.05) is 64.2 Å². The zero-order valence-electron chi connectivity index (χ0n) is 26.9. The number of benzene rings is 3. The average Bonchev–Trinajstić information content (AvgIpc) is 3.06. The Kier molecular flexibility index (Phi) is 15.2. The van der Waals surface area contributed by atoms with E-state index in [0.29, 0.717) is 33.0 Å². The number of amides is 1. The minimum atomic E-state index is -4.03. The number of sulfone groups is 2. The molecule has 48 heavy (non-hydrogen) atoms. The number of hydrogen-bond donors (Lipinski definition) is 1. The van der Waals surface area contributed by atoms with Crippen molar-refractivity contribution in [3.63, 3.8) is 0 Å². The number of azide groups is 1. The summed E-state index contributed by atoms with van der Waals surface area (Å²) in [4.78, 5) is 28.9. The van der Waals surface area contributed by atoms with E-state index >= 15 is 0 Å². The number of nitrogens with zero attached hydrogens (tertiary/aromatic N) is 3. The van der Waals surface area contributed by atoms with Crippen LogP contribution < -0.4 is 5.32 Å². The Labute approximate surface area is 281 Å². The van der Waals surface area contributed by atoms with E-state index in [-0.39, 0.29) is 40.6 Å². The molecule has 0 saturated heterocycles. The van der Waals surface area contributed by atoms with Gasteiger partial charge in [0.25, 0.3) is 5.91 Å². The molecule has 1 amide bonds. The van der Waals surface area contributed by atoms with Crippen LogP contribution in [0.4, 0.5) is 0 Å². The molecular formula is C33H40N4O9S2. The maximum Gasteiger partial charge on any atom is 0.251 e. The highest BCUT2D eigenvalue weighted by Crippen LogP contribution is 2.23. The van der Waals surface area contributed by atoms with Gasteiger partial charge in [-0.1, -0.05) is 52.6 Å². The minimum Gasteiger partial charge on any atom is -0.379 e. The van der Waals surface area contributed by atoms with Crippen LogP contribution in [0.2, 0.25) is 0 Å². The summed E-state index contributed by atoms with van der Waals surface area (Å²) in [5.41, 5.74) is 10.2. The molecule has 15 heteroatoms. The van der Waals surface area contributed by atoms with E-state index in [9.17, 15) is 26.4 Å². The van der Waals surface area contributed by atoms with Gasteiger partial charge in [0.05, 0.1) is 66.9 Å². The quantitative estimate of drug-likeness (QED) is 0.0559. The van der Waals surface area contributed by atoms with E-state index in [4.69, 9.17) is 19.7 Å². The van der Waals surface area contributed by atoms with E-state index < -0.39 is 48.8 Å². The molecule has 0 unspecified atom stereocenters. The van der Waals surface area contributed by atoms with Gasteiger partial charge in [0.1, 0.15) is 0 Å². The van der Waals surface area contributed by atoms with Gasteiger partial charge in [0.15, 0.2) is 25.5 Å². The Morgan fingerprint density at radius 1 is 0.688 bits per heavy atom. The van der Waals surface area contributed by atoms with E-state index in [0.717, 1.165) is 11.1 Å². The van der Waals surface area contributed by atoms with Crippen LogP contribution in [0.1, 0.15) is 31.8 Å². The molecule has 0 aliphatic heterocycles. The molecule has 0 fully saturated rings. The SMILES string of the molecule is Cc1ccc(S(=O)(=O)CC(CS(=O)(=O)c2ccc(C)cc2)C(=O)c2ccc(C(=O)NCCOCCOCCOCCN=[N+]=[N-])cc2)cc1. The van der Waals surface area contributed by atoms with Crippen LogP contribution in [0.15, 0.2) is 87.7 Å². The fraction of sp³-hybridized carbons (Fsp3) is 0.394. The summed E-state index contributed by atoms with van der Waals surface area (Å²) < 4.78 is 69.3. The third kappa shape index (κ3) is 12.5. The lowest BCUT2D eigenvalue weighted by Crippen LogP contribution is -2.31. The van der Waals surface area contributed by atoms with Crippen molar-refractivity contribution in [1.29, 1.82) is 0 Å². The number of carbonyl (C=O) groups excluding carboxylic acids is 2. The van der Waals surface area contributed by atoms with Crippen LogP contribution in [-0.2, 0) is 33.9 Å². The molecule has 3 aromatic rings. The van der Waals surface area contributed by atoms with Gasteiger partial charge in [0, 0.05) is 29.1 Å². The number of ketones is 1. The fourth-order valence-electron chi connectivity index (χ4n) is 4.47. The second kappa shape index (κ2) is 19.0. The Morgan fingerprint density at radius 3 is 1.60 bits per heavy atom. The third-order valence-electron chi connectivity index (χ3n) is 7.08. The van der Waals surface area contributed by atoms with Gasteiger partial charge in [-0.3, -0.25) is 9.59 Å². The zero-order valence-corrected chi connectivity index (χ0v) is 28.5. The van der Waals surface area contributed by atoms with Crippen LogP contribution in [-0.4, -0.2) is 92.8 Å². The monoisotopic (exact) mass is 700 g/mol. The van der Waals surface area contributed by atoms with Crippen LogP contribution in [0.5, 0.6) is 0 Å². The molecule has 3 aromatic carbocycles. The van der Waals surface area contributed by atoms with E-state index in [1.54, 1.807) is 24.3 Å². The topological polar surface area (TPSA) is 191 Å². The molecule has 258 valence electrons. The summed E-state index contributed by atoms with van der Waals surface area (Å²) in [6, 6.07) is 17.9. The fourth-order valence-corrected chi connectivity index (χ4v) is 7.70. The van der Waals surface area contributed by atoms with Crippen LogP contribution in [0.3, 0.4) is 0 Å². The molecule has 1 N–H and O–H groups in total. The number of nitrogens with one attached hydrogen (secondary N) is 1. The number of rotatable bonds is 21. The zero-order chi connectivity index (χ0) is 35.0. The molecule has 3 rings (SSSR count). The Morgan fingerprint density at radius 2 is 1.12 bits per heavy atom. The summed E-state index contributed by atoms with van der Waals surface area (Å²) in [7, 11) is -8.05. The predicted molar refractivity (Wildman–Crippen MR) is 180 cm³/mol. The van der Waals surface area contributed by atoms with Crippen molar-refractivity contribution in [1.82, 2.24) is 5.32 Å². The molecule has 0 saturated carbocycles. The van der Waals surface area contributed by atoms with Crippen molar-refractivity contribution in [3.8, 4) is 0 Å². The van der Waals surface area contributed by atoms with Gasteiger partial charge in [0.2, 0.25) is 0 Å². The van der Waals surface area contributed by atoms with Gasteiger partial charge < -0.3 is 19.5 Å². The average molecular weight is 701 g/mol. The Balaban J connectivity index is 1.58. The van der Waals surface area contributed by atoms with Gasteiger partial charge in [-0.05, 0) is 55.8 Å².